The van der Waals surface area contributed by atoms with Gasteiger partial charge in [0, 0.05) is 47.2 Å². The lowest BCUT2D eigenvalue weighted by molar-refractivity contribution is -0.578. The van der Waals surface area contributed by atoms with Crippen LogP contribution >= 0.6 is 0 Å². The van der Waals surface area contributed by atoms with E-state index in [2.05, 4.69) is 13.2 Å². The fourth-order valence-corrected chi connectivity index (χ4v) is 3.77. The van der Waals surface area contributed by atoms with E-state index in [0.717, 1.165) is 44.6 Å². The zero-order chi connectivity index (χ0) is 23.5. The molecule has 0 saturated heterocycles. The normalized spacial score (nSPS) is 19.0. The minimum absolute atomic E-state index is 0.133. The van der Waals surface area contributed by atoms with E-state index in [0.29, 0.717) is 25.7 Å². The fourth-order valence-electron chi connectivity index (χ4n) is 3.77. The predicted octanol–water partition coefficient (Wildman–Crippen LogP) is 3.78. The van der Waals surface area contributed by atoms with Gasteiger partial charge >= 0.3 is 11.9 Å². The lowest BCUT2D eigenvalue weighted by Gasteiger charge is -2.28. The van der Waals surface area contributed by atoms with Crippen molar-refractivity contribution in [3.05, 3.63) is 45.0 Å². The van der Waals surface area contributed by atoms with Gasteiger partial charge < -0.3 is 9.47 Å². The first-order chi connectivity index (χ1) is 14.6. The second-order valence-corrected chi connectivity index (χ2v) is 8.25. The minimum atomic E-state index is -1.07. The Hall–Kier alpha value is -2.78. The van der Waals surface area contributed by atoms with Gasteiger partial charge in [-0.05, 0) is 32.6 Å². The van der Waals surface area contributed by atoms with Crippen molar-refractivity contribution in [2.45, 2.75) is 82.2 Å². The molecule has 0 amide bonds. The highest BCUT2D eigenvalue weighted by atomic mass is 16.6. The Labute approximate surface area is 182 Å². The van der Waals surface area contributed by atoms with Gasteiger partial charge in [0.15, 0.2) is 13.2 Å². The molecule has 0 radical (unpaired) electrons. The van der Waals surface area contributed by atoms with E-state index in [1.165, 1.54) is 6.92 Å². The third-order valence-corrected chi connectivity index (χ3v) is 5.81. The summed E-state index contributed by atoms with van der Waals surface area (Å²) in [4.78, 5) is 43.5. The molecule has 0 unspecified atom stereocenters. The highest BCUT2D eigenvalue weighted by Gasteiger charge is 2.46. The molecule has 0 aromatic rings. The Morgan fingerprint density at radius 1 is 0.871 bits per heavy atom. The summed E-state index contributed by atoms with van der Waals surface area (Å²) in [6, 6.07) is 0. The van der Waals surface area contributed by atoms with Gasteiger partial charge in [-0.1, -0.05) is 26.0 Å². The van der Waals surface area contributed by atoms with Gasteiger partial charge in [-0.15, -0.1) is 0 Å². The number of ether oxygens (including phenoxy) is 2. The highest BCUT2D eigenvalue weighted by molar-refractivity contribution is 5.86. The molecule has 0 N–H and O–H groups in total. The van der Waals surface area contributed by atoms with E-state index in [1.807, 2.05) is 0 Å². The lowest BCUT2D eigenvalue weighted by Crippen LogP contribution is -2.45. The molecule has 0 atom stereocenters. The Kier molecular flexibility index (Phi) is 10.3. The van der Waals surface area contributed by atoms with Crippen LogP contribution in [0.25, 0.3) is 0 Å². The molecule has 174 valence electrons. The maximum atomic E-state index is 11.2. The number of rotatable bonds is 8. The van der Waals surface area contributed by atoms with E-state index in [-0.39, 0.29) is 28.6 Å². The van der Waals surface area contributed by atoms with Gasteiger partial charge in [0.05, 0.1) is 0 Å². The second kappa shape index (κ2) is 12.2. The molecule has 2 aliphatic rings. The molecule has 2 fully saturated rings. The van der Waals surface area contributed by atoms with Gasteiger partial charge in [0.2, 0.25) is 0 Å². The van der Waals surface area contributed by atoms with Crippen molar-refractivity contribution in [2.75, 3.05) is 13.2 Å². The number of nitro groups is 2. The molecular weight excluding hydrogens is 408 g/mol. The third kappa shape index (κ3) is 7.76. The quantitative estimate of drug-likeness (QED) is 0.240. The molecular formula is C21H32N2O8. The molecule has 10 nitrogen and oxygen atoms in total. The van der Waals surface area contributed by atoms with Crippen molar-refractivity contribution in [3.8, 4) is 0 Å². The molecule has 0 heterocycles. The molecule has 0 aromatic carbocycles. The number of esters is 2. The summed E-state index contributed by atoms with van der Waals surface area (Å²) in [6.07, 6.45) is 8.32. The summed E-state index contributed by atoms with van der Waals surface area (Å²) in [7, 11) is 0. The molecule has 2 rings (SSSR count). The Bertz CT molecular complexity index is 691. The average molecular weight is 440 g/mol. The summed E-state index contributed by atoms with van der Waals surface area (Å²) in [5.74, 6) is -1.14. The van der Waals surface area contributed by atoms with Gasteiger partial charge in [0.1, 0.15) is 0 Å². The number of hydrogen-bond acceptors (Lipinski definition) is 8. The molecule has 0 aliphatic heterocycles. The maximum absolute atomic E-state index is 11.2. The SMILES string of the molecule is C=C(C)C(=O)OCC1([N+](=O)[O-])CCCCC1.C=CC(=O)OCC1([N+](=O)[O-])CCCCC1. The number of nitrogens with zero attached hydrogens (tertiary/aromatic N) is 2. The fraction of sp³-hybridized carbons (Fsp3) is 0.714. The van der Waals surface area contributed by atoms with Crippen molar-refractivity contribution in [2.24, 2.45) is 0 Å². The minimum Gasteiger partial charge on any atom is -0.455 e. The Balaban J connectivity index is 0.000000311. The zero-order valence-electron chi connectivity index (χ0n) is 18.1. The van der Waals surface area contributed by atoms with E-state index in [9.17, 15) is 29.8 Å². The van der Waals surface area contributed by atoms with E-state index < -0.39 is 23.0 Å². The van der Waals surface area contributed by atoms with Crippen molar-refractivity contribution < 1.29 is 28.9 Å². The average Bonchev–Trinajstić information content (AvgIpc) is 2.77. The Morgan fingerprint density at radius 3 is 1.58 bits per heavy atom. The van der Waals surface area contributed by atoms with E-state index >= 15 is 0 Å². The van der Waals surface area contributed by atoms with Crippen LogP contribution in [0.2, 0.25) is 0 Å². The van der Waals surface area contributed by atoms with Gasteiger partial charge in [-0.3, -0.25) is 20.2 Å². The summed E-state index contributed by atoms with van der Waals surface area (Å²) in [6.45, 7) is 7.95. The summed E-state index contributed by atoms with van der Waals surface area (Å²) in [5, 5.41) is 22.0. The van der Waals surface area contributed by atoms with Crippen molar-refractivity contribution in [1.82, 2.24) is 0 Å². The molecule has 2 aliphatic carbocycles. The first-order valence-electron chi connectivity index (χ1n) is 10.5. The van der Waals surface area contributed by atoms with Crippen molar-refractivity contribution >= 4 is 11.9 Å². The maximum Gasteiger partial charge on any atom is 0.333 e. The number of hydrogen-bond donors (Lipinski definition) is 0. The molecule has 0 spiro atoms. The van der Waals surface area contributed by atoms with Crippen LogP contribution in [-0.2, 0) is 19.1 Å². The second-order valence-electron chi connectivity index (χ2n) is 8.25. The monoisotopic (exact) mass is 440 g/mol. The topological polar surface area (TPSA) is 139 Å². The number of carbonyl (C=O) groups is 2. The van der Waals surface area contributed by atoms with Gasteiger partial charge in [-0.2, -0.15) is 0 Å². The van der Waals surface area contributed by atoms with Crippen LogP contribution in [0.15, 0.2) is 24.8 Å². The molecule has 0 bridgehead atoms. The first kappa shape index (κ1) is 26.3. The van der Waals surface area contributed by atoms with Crippen LogP contribution < -0.4 is 0 Å². The van der Waals surface area contributed by atoms with Gasteiger partial charge in [0.25, 0.3) is 11.1 Å². The molecule has 31 heavy (non-hydrogen) atoms. The third-order valence-electron chi connectivity index (χ3n) is 5.81. The smallest absolute Gasteiger partial charge is 0.333 e. The van der Waals surface area contributed by atoms with Crippen molar-refractivity contribution in [3.63, 3.8) is 0 Å². The van der Waals surface area contributed by atoms with Crippen LogP contribution in [-0.4, -0.2) is 46.1 Å². The lowest BCUT2D eigenvalue weighted by atomic mass is 9.83. The van der Waals surface area contributed by atoms with Gasteiger partial charge in [-0.25, -0.2) is 9.59 Å². The highest BCUT2D eigenvalue weighted by Crippen LogP contribution is 2.32. The number of carbonyl (C=O) groups excluding carboxylic acids is 2. The summed E-state index contributed by atoms with van der Waals surface area (Å²) < 4.78 is 9.72. The molecule has 10 heteroatoms. The molecule has 0 aromatic heterocycles. The summed E-state index contributed by atoms with van der Waals surface area (Å²) in [5.41, 5.74) is -1.85. The van der Waals surface area contributed by atoms with Crippen LogP contribution in [0, 0.1) is 20.2 Å². The van der Waals surface area contributed by atoms with Crippen LogP contribution in [0.1, 0.15) is 71.1 Å². The Morgan fingerprint density at radius 2 is 1.26 bits per heavy atom. The molecule has 2 saturated carbocycles. The predicted molar refractivity (Wildman–Crippen MR) is 113 cm³/mol. The van der Waals surface area contributed by atoms with Crippen LogP contribution in [0.3, 0.4) is 0 Å². The standard InChI is InChI=1S/C11H17NO4.C10H15NO4/c1-9(2)10(13)16-8-11(12(14)15)6-4-3-5-7-11;1-2-9(12)15-8-10(11(13)14)6-4-3-5-7-10/h1,3-8H2,2H3;2H,1,3-8H2. The van der Waals surface area contributed by atoms with E-state index in [1.54, 1.807) is 0 Å². The van der Waals surface area contributed by atoms with Crippen LogP contribution in [0.5, 0.6) is 0 Å². The van der Waals surface area contributed by atoms with E-state index in [4.69, 9.17) is 9.47 Å². The van der Waals surface area contributed by atoms with Crippen molar-refractivity contribution in [1.29, 1.82) is 0 Å². The summed E-state index contributed by atoms with van der Waals surface area (Å²) >= 11 is 0. The largest absolute Gasteiger partial charge is 0.455 e. The van der Waals surface area contributed by atoms with Crippen LogP contribution in [0.4, 0.5) is 0 Å². The zero-order valence-corrected chi connectivity index (χ0v) is 18.1. The first-order valence-corrected chi connectivity index (χ1v) is 10.5.